The Labute approximate surface area is 154 Å². The molecule has 2 aromatic rings. The molecule has 1 aliphatic heterocycles. The lowest BCUT2D eigenvalue weighted by Crippen LogP contribution is -2.43. The number of para-hydroxylation sites is 2. The molecule has 2 aromatic carbocycles. The van der Waals surface area contributed by atoms with Crippen LogP contribution in [0.1, 0.15) is 30.1 Å². The zero-order chi connectivity index (χ0) is 18.4. The first-order valence-corrected chi connectivity index (χ1v) is 9.06. The highest BCUT2D eigenvalue weighted by molar-refractivity contribution is 6.00. The Morgan fingerprint density at radius 3 is 2.62 bits per heavy atom. The second-order valence-electron chi connectivity index (χ2n) is 6.38. The molecule has 136 valence electrons. The summed E-state index contributed by atoms with van der Waals surface area (Å²) < 4.78 is 5.13. The number of rotatable bonds is 5. The Hall–Kier alpha value is -2.82. The SMILES string of the molecule is CCOC(=O)C1CCCN(C(=O)c2ccccc2Nc2ccccc2)C1. The molecule has 3 rings (SSSR count). The van der Waals surface area contributed by atoms with Crippen LogP contribution in [0.25, 0.3) is 0 Å². The van der Waals surface area contributed by atoms with Crippen LogP contribution in [0.2, 0.25) is 0 Å². The van der Waals surface area contributed by atoms with Crippen molar-refractivity contribution in [2.24, 2.45) is 5.92 Å². The topological polar surface area (TPSA) is 58.6 Å². The van der Waals surface area contributed by atoms with E-state index in [0.717, 1.165) is 24.2 Å². The standard InChI is InChI=1S/C21H24N2O3/c1-2-26-21(25)16-9-8-14-23(15-16)20(24)18-12-6-7-13-19(18)22-17-10-4-3-5-11-17/h3-7,10-13,16,22H,2,8-9,14-15H2,1H3. The molecule has 1 unspecified atom stereocenters. The summed E-state index contributed by atoms with van der Waals surface area (Å²) >= 11 is 0. The van der Waals surface area contributed by atoms with Gasteiger partial charge in [-0.1, -0.05) is 30.3 Å². The summed E-state index contributed by atoms with van der Waals surface area (Å²) in [5, 5.41) is 3.31. The van der Waals surface area contributed by atoms with Crippen molar-refractivity contribution >= 4 is 23.3 Å². The highest BCUT2D eigenvalue weighted by Gasteiger charge is 2.30. The zero-order valence-electron chi connectivity index (χ0n) is 15.0. The van der Waals surface area contributed by atoms with Crippen molar-refractivity contribution in [2.45, 2.75) is 19.8 Å². The van der Waals surface area contributed by atoms with E-state index < -0.39 is 0 Å². The molecule has 1 atom stereocenters. The van der Waals surface area contributed by atoms with Crippen LogP contribution in [0.3, 0.4) is 0 Å². The Morgan fingerprint density at radius 1 is 1.12 bits per heavy atom. The van der Waals surface area contributed by atoms with E-state index in [9.17, 15) is 9.59 Å². The maximum Gasteiger partial charge on any atom is 0.310 e. The predicted molar refractivity (Wildman–Crippen MR) is 101 cm³/mol. The van der Waals surface area contributed by atoms with Gasteiger partial charge in [0.15, 0.2) is 0 Å². The number of benzene rings is 2. The molecule has 0 aliphatic carbocycles. The monoisotopic (exact) mass is 352 g/mol. The molecule has 5 heteroatoms. The largest absolute Gasteiger partial charge is 0.466 e. The number of piperidine rings is 1. The van der Waals surface area contributed by atoms with Crippen LogP contribution < -0.4 is 5.32 Å². The summed E-state index contributed by atoms with van der Waals surface area (Å²) in [5.74, 6) is -0.499. The van der Waals surface area contributed by atoms with Gasteiger partial charge in [-0.3, -0.25) is 9.59 Å². The van der Waals surface area contributed by atoms with E-state index in [1.807, 2.05) is 54.6 Å². The highest BCUT2D eigenvalue weighted by Crippen LogP contribution is 2.25. The summed E-state index contributed by atoms with van der Waals surface area (Å²) in [4.78, 5) is 26.9. The van der Waals surface area contributed by atoms with Crippen LogP contribution >= 0.6 is 0 Å². The number of nitrogens with zero attached hydrogens (tertiary/aromatic N) is 1. The van der Waals surface area contributed by atoms with Crippen molar-refractivity contribution in [2.75, 3.05) is 25.0 Å². The number of carbonyl (C=O) groups excluding carboxylic acids is 2. The van der Waals surface area contributed by atoms with Crippen LogP contribution in [-0.4, -0.2) is 36.5 Å². The molecule has 1 saturated heterocycles. The minimum absolute atomic E-state index is 0.0574. The molecule has 0 bridgehead atoms. The van der Waals surface area contributed by atoms with Crippen LogP contribution in [0, 0.1) is 5.92 Å². The number of amides is 1. The Balaban J connectivity index is 1.76. The summed E-state index contributed by atoms with van der Waals surface area (Å²) in [6, 6.07) is 17.2. The number of hydrogen-bond donors (Lipinski definition) is 1. The number of nitrogens with one attached hydrogen (secondary N) is 1. The fourth-order valence-corrected chi connectivity index (χ4v) is 3.24. The lowest BCUT2D eigenvalue weighted by atomic mass is 9.97. The second kappa shape index (κ2) is 8.52. The van der Waals surface area contributed by atoms with Crippen molar-refractivity contribution < 1.29 is 14.3 Å². The van der Waals surface area contributed by atoms with Gasteiger partial charge in [-0.2, -0.15) is 0 Å². The average molecular weight is 352 g/mol. The van der Waals surface area contributed by atoms with E-state index in [0.29, 0.717) is 25.3 Å². The van der Waals surface area contributed by atoms with E-state index in [2.05, 4.69) is 5.32 Å². The van der Waals surface area contributed by atoms with E-state index in [-0.39, 0.29) is 17.8 Å². The molecule has 26 heavy (non-hydrogen) atoms. The summed E-state index contributed by atoms with van der Waals surface area (Å²) in [5.41, 5.74) is 2.30. The van der Waals surface area contributed by atoms with Gasteiger partial charge in [0.2, 0.25) is 0 Å². The molecule has 1 aliphatic rings. The first-order chi connectivity index (χ1) is 12.7. The number of ether oxygens (including phenoxy) is 1. The quantitative estimate of drug-likeness (QED) is 0.831. The van der Waals surface area contributed by atoms with E-state index in [1.165, 1.54) is 0 Å². The summed E-state index contributed by atoms with van der Waals surface area (Å²) in [6.07, 6.45) is 1.58. The minimum Gasteiger partial charge on any atom is -0.466 e. The van der Waals surface area contributed by atoms with Crippen LogP contribution in [0.4, 0.5) is 11.4 Å². The molecule has 1 fully saturated rings. The van der Waals surface area contributed by atoms with E-state index in [4.69, 9.17) is 4.74 Å². The molecule has 0 radical (unpaired) electrons. The smallest absolute Gasteiger partial charge is 0.310 e. The van der Waals surface area contributed by atoms with Gasteiger partial charge in [-0.15, -0.1) is 0 Å². The van der Waals surface area contributed by atoms with Gasteiger partial charge in [0, 0.05) is 18.8 Å². The average Bonchev–Trinajstić information content (AvgIpc) is 2.69. The fourth-order valence-electron chi connectivity index (χ4n) is 3.24. The predicted octanol–water partition coefficient (Wildman–Crippen LogP) is 3.85. The summed E-state index contributed by atoms with van der Waals surface area (Å²) in [7, 11) is 0. The van der Waals surface area contributed by atoms with Crippen molar-refractivity contribution in [3.63, 3.8) is 0 Å². The first-order valence-electron chi connectivity index (χ1n) is 9.06. The van der Waals surface area contributed by atoms with Crippen molar-refractivity contribution in [3.05, 3.63) is 60.2 Å². The minimum atomic E-state index is -0.234. The third kappa shape index (κ3) is 4.23. The molecule has 1 N–H and O–H groups in total. The lowest BCUT2D eigenvalue weighted by Gasteiger charge is -2.32. The van der Waals surface area contributed by atoms with Gasteiger partial charge in [0.25, 0.3) is 5.91 Å². The Morgan fingerprint density at radius 2 is 1.85 bits per heavy atom. The molecule has 0 spiro atoms. The fraction of sp³-hybridized carbons (Fsp3) is 0.333. The van der Waals surface area contributed by atoms with Gasteiger partial charge >= 0.3 is 5.97 Å². The first kappa shape index (κ1) is 18.0. The molecule has 1 amide bonds. The van der Waals surface area contributed by atoms with Gasteiger partial charge in [0.05, 0.1) is 23.8 Å². The number of carbonyl (C=O) groups is 2. The third-order valence-corrected chi connectivity index (χ3v) is 4.54. The molecule has 1 heterocycles. The van der Waals surface area contributed by atoms with Crippen LogP contribution in [-0.2, 0) is 9.53 Å². The van der Waals surface area contributed by atoms with Crippen LogP contribution in [0.15, 0.2) is 54.6 Å². The maximum atomic E-state index is 13.1. The lowest BCUT2D eigenvalue weighted by molar-refractivity contribution is -0.149. The highest BCUT2D eigenvalue weighted by atomic mass is 16.5. The number of hydrogen-bond acceptors (Lipinski definition) is 4. The van der Waals surface area contributed by atoms with E-state index >= 15 is 0 Å². The van der Waals surface area contributed by atoms with Gasteiger partial charge < -0.3 is 15.0 Å². The summed E-state index contributed by atoms with van der Waals surface area (Å²) in [6.45, 7) is 3.24. The van der Waals surface area contributed by atoms with Gasteiger partial charge in [-0.25, -0.2) is 0 Å². The molecular weight excluding hydrogens is 328 g/mol. The molecule has 5 nitrogen and oxygen atoms in total. The molecular formula is C21H24N2O3. The number of esters is 1. The number of anilines is 2. The zero-order valence-corrected chi connectivity index (χ0v) is 15.0. The van der Waals surface area contributed by atoms with Crippen molar-refractivity contribution in [3.8, 4) is 0 Å². The third-order valence-electron chi connectivity index (χ3n) is 4.54. The molecule has 0 saturated carbocycles. The Bertz CT molecular complexity index is 761. The maximum absolute atomic E-state index is 13.1. The Kier molecular flexibility index (Phi) is 5.89. The van der Waals surface area contributed by atoms with Crippen LogP contribution in [0.5, 0.6) is 0 Å². The molecule has 0 aromatic heterocycles. The van der Waals surface area contributed by atoms with Gasteiger partial charge in [-0.05, 0) is 44.0 Å². The number of likely N-dealkylation sites (tertiary alicyclic amines) is 1. The van der Waals surface area contributed by atoms with Crippen molar-refractivity contribution in [1.82, 2.24) is 4.90 Å². The normalized spacial score (nSPS) is 16.8. The van der Waals surface area contributed by atoms with Gasteiger partial charge in [0.1, 0.15) is 0 Å². The second-order valence-corrected chi connectivity index (χ2v) is 6.38. The van der Waals surface area contributed by atoms with Crippen molar-refractivity contribution in [1.29, 1.82) is 0 Å². The van der Waals surface area contributed by atoms with E-state index in [1.54, 1.807) is 11.8 Å².